The number of hydrogen-bond donors (Lipinski definition) is 2. The van der Waals surface area contributed by atoms with E-state index in [-0.39, 0.29) is 18.8 Å². The van der Waals surface area contributed by atoms with Gasteiger partial charge in [-0.15, -0.1) is 0 Å². The number of carbonyl (C=O) groups excluding carboxylic acids is 2. The van der Waals surface area contributed by atoms with Crippen LogP contribution in [0.15, 0.2) is 36.5 Å². The lowest BCUT2D eigenvalue weighted by Crippen LogP contribution is -2.35. The fourth-order valence-electron chi connectivity index (χ4n) is 1.77. The summed E-state index contributed by atoms with van der Waals surface area (Å²) in [5.41, 5.74) is -0.528. The van der Waals surface area contributed by atoms with E-state index in [4.69, 9.17) is 11.6 Å². The van der Waals surface area contributed by atoms with Crippen LogP contribution in [0.25, 0.3) is 0 Å². The lowest BCUT2D eigenvalue weighted by molar-refractivity contribution is 0.0920. The molecule has 0 saturated carbocycles. The molecule has 0 atom stereocenters. The number of rotatable bonds is 5. The van der Waals surface area contributed by atoms with Gasteiger partial charge >= 0.3 is 0 Å². The van der Waals surface area contributed by atoms with E-state index >= 15 is 0 Å². The molecule has 0 radical (unpaired) electrons. The van der Waals surface area contributed by atoms with Gasteiger partial charge < -0.3 is 10.6 Å². The van der Waals surface area contributed by atoms with Crippen LogP contribution < -0.4 is 10.6 Å². The Labute approximate surface area is 135 Å². The number of halogens is 3. The largest absolute Gasteiger partial charge is 0.350 e. The number of nitrogens with one attached hydrogen (secondary N) is 2. The molecule has 2 rings (SSSR count). The summed E-state index contributed by atoms with van der Waals surface area (Å²) in [5.74, 6) is -3.26. The van der Waals surface area contributed by atoms with Gasteiger partial charge in [0.05, 0.1) is 0 Å². The SMILES string of the molecule is O=C(NCCNC(=O)c1c(F)cccc1F)c1cc(Cl)ccn1. The fourth-order valence-corrected chi connectivity index (χ4v) is 1.93. The van der Waals surface area contributed by atoms with E-state index < -0.39 is 29.0 Å². The van der Waals surface area contributed by atoms with Gasteiger partial charge in [0.15, 0.2) is 0 Å². The second-order valence-electron chi connectivity index (χ2n) is 4.47. The first-order chi connectivity index (χ1) is 11.0. The second kappa shape index (κ2) is 7.64. The van der Waals surface area contributed by atoms with Crippen molar-refractivity contribution in [2.75, 3.05) is 13.1 Å². The Balaban J connectivity index is 1.83. The summed E-state index contributed by atoms with van der Waals surface area (Å²) in [4.78, 5) is 27.3. The molecule has 8 heteroatoms. The van der Waals surface area contributed by atoms with Gasteiger partial charge in [0.1, 0.15) is 22.9 Å². The Bertz CT molecular complexity index is 720. The second-order valence-corrected chi connectivity index (χ2v) is 4.90. The third-order valence-corrected chi connectivity index (χ3v) is 3.08. The predicted molar refractivity (Wildman–Crippen MR) is 80.3 cm³/mol. The summed E-state index contributed by atoms with van der Waals surface area (Å²) in [6, 6.07) is 6.07. The summed E-state index contributed by atoms with van der Waals surface area (Å²) >= 11 is 5.74. The quantitative estimate of drug-likeness (QED) is 0.820. The van der Waals surface area contributed by atoms with E-state index in [1.165, 1.54) is 24.4 Å². The number of amides is 2. The lowest BCUT2D eigenvalue weighted by Gasteiger charge is -2.08. The summed E-state index contributed by atoms with van der Waals surface area (Å²) in [6.45, 7) is 0.0632. The Morgan fingerprint density at radius 1 is 1.04 bits per heavy atom. The molecule has 2 N–H and O–H groups in total. The van der Waals surface area contributed by atoms with Crippen molar-refractivity contribution in [3.05, 3.63) is 64.4 Å². The van der Waals surface area contributed by atoms with Gasteiger partial charge in [-0.3, -0.25) is 14.6 Å². The molecule has 2 amide bonds. The first-order valence-corrected chi connectivity index (χ1v) is 6.99. The zero-order valence-electron chi connectivity index (χ0n) is 11.8. The molecule has 0 saturated heterocycles. The molecule has 23 heavy (non-hydrogen) atoms. The summed E-state index contributed by atoms with van der Waals surface area (Å²) in [7, 11) is 0. The van der Waals surface area contributed by atoms with Crippen LogP contribution in [0.2, 0.25) is 5.02 Å². The zero-order chi connectivity index (χ0) is 16.8. The molecule has 0 aliphatic carbocycles. The van der Waals surface area contributed by atoms with Gasteiger partial charge in [-0.2, -0.15) is 0 Å². The minimum absolute atomic E-state index is 0.00108. The maximum atomic E-state index is 13.4. The van der Waals surface area contributed by atoms with Gasteiger partial charge in [-0.1, -0.05) is 17.7 Å². The monoisotopic (exact) mass is 339 g/mol. The molecule has 0 fully saturated rings. The van der Waals surface area contributed by atoms with E-state index in [2.05, 4.69) is 15.6 Å². The summed E-state index contributed by atoms with van der Waals surface area (Å²) < 4.78 is 26.8. The Morgan fingerprint density at radius 2 is 1.65 bits per heavy atom. The molecule has 0 aliphatic heterocycles. The van der Waals surface area contributed by atoms with Crippen molar-refractivity contribution >= 4 is 23.4 Å². The van der Waals surface area contributed by atoms with Crippen molar-refractivity contribution in [3.8, 4) is 0 Å². The smallest absolute Gasteiger partial charge is 0.269 e. The third-order valence-electron chi connectivity index (χ3n) is 2.84. The number of carbonyl (C=O) groups is 2. The maximum Gasteiger partial charge on any atom is 0.269 e. The highest BCUT2D eigenvalue weighted by Crippen LogP contribution is 2.11. The highest BCUT2D eigenvalue weighted by molar-refractivity contribution is 6.30. The fraction of sp³-hybridized carbons (Fsp3) is 0.133. The van der Waals surface area contributed by atoms with E-state index in [1.54, 1.807) is 0 Å². The number of hydrogen-bond acceptors (Lipinski definition) is 3. The molecule has 0 spiro atoms. The van der Waals surface area contributed by atoms with Crippen LogP contribution in [0.1, 0.15) is 20.8 Å². The topological polar surface area (TPSA) is 71.1 Å². The highest BCUT2D eigenvalue weighted by Gasteiger charge is 2.16. The Hall–Kier alpha value is -2.54. The van der Waals surface area contributed by atoms with Gasteiger partial charge in [-0.25, -0.2) is 8.78 Å². The van der Waals surface area contributed by atoms with Crippen molar-refractivity contribution < 1.29 is 18.4 Å². The Kier molecular flexibility index (Phi) is 5.59. The average molecular weight is 340 g/mol. The molecular weight excluding hydrogens is 328 g/mol. The molecule has 0 unspecified atom stereocenters. The van der Waals surface area contributed by atoms with E-state index in [1.807, 2.05) is 0 Å². The van der Waals surface area contributed by atoms with Crippen LogP contribution in [0.3, 0.4) is 0 Å². The van der Waals surface area contributed by atoms with Crippen molar-refractivity contribution in [1.29, 1.82) is 0 Å². The summed E-state index contributed by atoms with van der Waals surface area (Å²) in [5, 5.41) is 5.19. The number of benzene rings is 1. The molecule has 2 aromatic rings. The minimum Gasteiger partial charge on any atom is -0.350 e. The third kappa shape index (κ3) is 4.46. The summed E-state index contributed by atoms with van der Waals surface area (Å²) in [6.07, 6.45) is 1.39. The number of nitrogens with zero attached hydrogens (tertiary/aromatic N) is 1. The van der Waals surface area contributed by atoms with Gasteiger partial charge in [0, 0.05) is 24.3 Å². The molecule has 1 heterocycles. The van der Waals surface area contributed by atoms with Crippen molar-refractivity contribution in [2.45, 2.75) is 0 Å². The van der Waals surface area contributed by atoms with E-state index in [0.29, 0.717) is 5.02 Å². The normalized spacial score (nSPS) is 10.2. The molecule has 5 nitrogen and oxygen atoms in total. The van der Waals surface area contributed by atoms with Crippen LogP contribution in [0, 0.1) is 11.6 Å². The first-order valence-electron chi connectivity index (χ1n) is 6.61. The van der Waals surface area contributed by atoms with Crippen LogP contribution in [0.5, 0.6) is 0 Å². The standard InChI is InChI=1S/C15H12ClF2N3O2/c16-9-4-5-19-12(8-9)14(22)20-6-7-21-15(23)13-10(17)2-1-3-11(13)18/h1-5,8H,6-7H2,(H,20,22)(H,21,23). The van der Waals surface area contributed by atoms with Crippen LogP contribution >= 0.6 is 11.6 Å². The predicted octanol–water partition coefficient (Wildman–Crippen LogP) is 2.17. The molecule has 0 aliphatic rings. The van der Waals surface area contributed by atoms with Gasteiger partial charge in [0.25, 0.3) is 11.8 Å². The molecule has 0 bridgehead atoms. The van der Waals surface area contributed by atoms with Crippen molar-refractivity contribution in [3.63, 3.8) is 0 Å². The van der Waals surface area contributed by atoms with Gasteiger partial charge in [-0.05, 0) is 24.3 Å². The average Bonchev–Trinajstić information content (AvgIpc) is 2.51. The zero-order valence-corrected chi connectivity index (χ0v) is 12.5. The molecule has 120 valence electrons. The minimum atomic E-state index is -0.949. The van der Waals surface area contributed by atoms with Crippen LogP contribution in [-0.2, 0) is 0 Å². The Morgan fingerprint density at radius 3 is 2.26 bits per heavy atom. The van der Waals surface area contributed by atoms with Crippen molar-refractivity contribution in [2.24, 2.45) is 0 Å². The maximum absolute atomic E-state index is 13.4. The first kappa shape index (κ1) is 16.8. The molecule has 1 aromatic heterocycles. The molecular formula is C15H12ClF2N3O2. The van der Waals surface area contributed by atoms with Crippen molar-refractivity contribution in [1.82, 2.24) is 15.6 Å². The van der Waals surface area contributed by atoms with E-state index in [0.717, 1.165) is 12.1 Å². The number of aromatic nitrogens is 1. The van der Waals surface area contributed by atoms with E-state index in [9.17, 15) is 18.4 Å². The van der Waals surface area contributed by atoms with Crippen LogP contribution in [0.4, 0.5) is 8.78 Å². The number of pyridine rings is 1. The van der Waals surface area contributed by atoms with Gasteiger partial charge in [0.2, 0.25) is 0 Å². The highest BCUT2D eigenvalue weighted by atomic mass is 35.5. The lowest BCUT2D eigenvalue weighted by atomic mass is 10.2. The van der Waals surface area contributed by atoms with Crippen LogP contribution in [-0.4, -0.2) is 29.9 Å². The molecule has 1 aromatic carbocycles.